The Balaban J connectivity index is 2.48. The van der Waals surface area contributed by atoms with Crippen LogP contribution in [0.25, 0.3) is 0 Å². The third kappa shape index (κ3) is 7.09. The maximum Gasteiger partial charge on any atom is 0.0488 e. The van der Waals surface area contributed by atoms with Gasteiger partial charge in [-0.2, -0.15) is 0 Å². The number of hydrogen-bond acceptors (Lipinski definition) is 2. The first-order valence-corrected chi connectivity index (χ1v) is 7.96. The molecule has 0 aliphatic carbocycles. The van der Waals surface area contributed by atoms with Crippen LogP contribution >= 0.6 is 15.9 Å². The van der Waals surface area contributed by atoms with Crippen LogP contribution in [-0.2, 0) is 4.74 Å². The quantitative estimate of drug-likeness (QED) is 0.686. The molecule has 1 atom stereocenters. The summed E-state index contributed by atoms with van der Waals surface area (Å²) in [6.07, 6.45) is 1.07. The van der Waals surface area contributed by atoms with Gasteiger partial charge >= 0.3 is 0 Å². The number of hydrogen-bond donors (Lipinski definition) is 1. The SMILES string of the molecule is CCNCC(CCOCC(C)C)c1ccc(Br)cc1. The third-order valence-electron chi connectivity index (χ3n) is 3.04. The van der Waals surface area contributed by atoms with Crippen molar-refractivity contribution in [1.82, 2.24) is 5.32 Å². The molecule has 108 valence electrons. The maximum absolute atomic E-state index is 5.71. The second-order valence-corrected chi connectivity index (χ2v) is 6.23. The van der Waals surface area contributed by atoms with Crippen LogP contribution in [0.4, 0.5) is 0 Å². The van der Waals surface area contributed by atoms with Crippen LogP contribution in [0, 0.1) is 5.92 Å². The molecule has 0 heterocycles. The third-order valence-corrected chi connectivity index (χ3v) is 3.57. The molecule has 0 spiro atoms. The molecule has 1 rings (SSSR count). The van der Waals surface area contributed by atoms with E-state index in [1.165, 1.54) is 5.56 Å². The lowest BCUT2D eigenvalue weighted by Gasteiger charge is -2.18. The summed E-state index contributed by atoms with van der Waals surface area (Å²) in [5.74, 6) is 1.14. The number of benzene rings is 1. The van der Waals surface area contributed by atoms with Gasteiger partial charge in [-0.3, -0.25) is 0 Å². The minimum atomic E-state index is 0.528. The summed E-state index contributed by atoms with van der Waals surface area (Å²) < 4.78 is 6.85. The molecule has 0 bridgehead atoms. The van der Waals surface area contributed by atoms with Gasteiger partial charge in [0, 0.05) is 24.2 Å². The van der Waals surface area contributed by atoms with Gasteiger partial charge in [0.15, 0.2) is 0 Å². The molecule has 0 radical (unpaired) electrons. The molecule has 1 unspecified atom stereocenters. The number of halogens is 1. The Labute approximate surface area is 126 Å². The van der Waals surface area contributed by atoms with Crippen LogP contribution in [0.15, 0.2) is 28.7 Å². The Morgan fingerprint density at radius 3 is 2.47 bits per heavy atom. The highest BCUT2D eigenvalue weighted by molar-refractivity contribution is 9.10. The average Bonchev–Trinajstić information content (AvgIpc) is 2.39. The van der Waals surface area contributed by atoms with Crippen LogP contribution in [-0.4, -0.2) is 26.3 Å². The van der Waals surface area contributed by atoms with Gasteiger partial charge in [0.2, 0.25) is 0 Å². The maximum atomic E-state index is 5.71. The second-order valence-electron chi connectivity index (χ2n) is 5.31. The van der Waals surface area contributed by atoms with Gasteiger partial charge in [-0.15, -0.1) is 0 Å². The van der Waals surface area contributed by atoms with Gasteiger partial charge in [-0.1, -0.05) is 48.8 Å². The molecule has 0 aliphatic rings. The van der Waals surface area contributed by atoms with E-state index in [1.807, 2.05) is 0 Å². The van der Waals surface area contributed by atoms with E-state index in [0.717, 1.165) is 37.2 Å². The average molecular weight is 328 g/mol. The van der Waals surface area contributed by atoms with Crippen molar-refractivity contribution in [3.63, 3.8) is 0 Å². The fraction of sp³-hybridized carbons (Fsp3) is 0.625. The van der Waals surface area contributed by atoms with E-state index in [9.17, 15) is 0 Å². The van der Waals surface area contributed by atoms with E-state index in [0.29, 0.717) is 11.8 Å². The molecular formula is C16H26BrNO. The molecule has 0 saturated carbocycles. The smallest absolute Gasteiger partial charge is 0.0488 e. The summed E-state index contributed by atoms with van der Waals surface area (Å²) in [6.45, 7) is 10.2. The highest BCUT2D eigenvalue weighted by Crippen LogP contribution is 2.21. The zero-order chi connectivity index (χ0) is 14.1. The molecule has 0 fully saturated rings. The van der Waals surface area contributed by atoms with Gasteiger partial charge in [-0.25, -0.2) is 0 Å². The molecule has 3 heteroatoms. The van der Waals surface area contributed by atoms with Crippen molar-refractivity contribution in [3.8, 4) is 0 Å². The van der Waals surface area contributed by atoms with Crippen molar-refractivity contribution in [2.45, 2.75) is 33.1 Å². The van der Waals surface area contributed by atoms with Crippen molar-refractivity contribution in [2.75, 3.05) is 26.3 Å². The first-order valence-electron chi connectivity index (χ1n) is 7.17. The standard InChI is InChI=1S/C16H26BrNO/c1-4-18-11-15(9-10-19-12-13(2)3)14-5-7-16(17)8-6-14/h5-8,13,15,18H,4,9-12H2,1-3H3. The first-order chi connectivity index (χ1) is 9.13. The highest BCUT2D eigenvalue weighted by atomic mass is 79.9. The molecule has 1 N–H and O–H groups in total. The minimum Gasteiger partial charge on any atom is -0.381 e. The highest BCUT2D eigenvalue weighted by Gasteiger charge is 2.11. The number of ether oxygens (including phenoxy) is 1. The summed E-state index contributed by atoms with van der Waals surface area (Å²) in [4.78, 5) is 0. The van der Waals surface area contributed by atoms with Crippen LogP contribution in [0.3, 0.4) is 0 Å². The fourth-order valence-corrected chi connectivity index (χ4v) is 2.25. The molecule has 0 aromatic heterocycles. The largest absolute Gasteiger partial charge is 0.381 e. The minimum absolute atomic E-state index is 0.528. The van der Waals surface area contributed by atoms with E-state index < -0.39 is 0 Å². The predicted molar refractivity (Wildman–Crippen MR) is 85.7 cm³/mol. The van der Waals surface area contributed by atoms with Crippen molar-refractivity contribution in [3.05, 3.63) is 34.3 Å². The summed E-state index contributed by atoms with van der Waals surface area (Å²) in [5, 5.41) is 3.44. The van der Waals surface area contributed by atoms with E-state index in [4.69, 9.17) is 4.74 Å². The van der Waals surface area contributed by atoms with Crippen LogP contribution in [0.2, 0.25) is 0 Å². The lowest BCUT2D eigenvalue weighted by molar-refractivity contribution is 0.103. The zero-order valence-electron chi connectivity index (χ0n) is 12.3. The fourth-order valence-electron chi connectivity index (χ4n) is 1.98. The molecule has 0 saturated heterocycles. The van der Waals surface area contributed by atoms with E-state index >= 15 is 0 Å². The van der Waals surface area contributed by atoms with Gasteiger partial charge in [0.25, 0.3) is 0 Å². The van der Waals surface area contributed by atoms with Crippen LogP contribution in [0.1, 0.15) is 38.7 Å². The lowest BCUT2D eigenvalue weighted by atomic mass is 9.96. The summed E-state index contributed by atoms with van der Waals surface area (Å²) in [5.41, 5.74) is 1.39. The van der Waals surface area contributed by atoms with Crippen LogP contribution in [0.5, 0.6) is 0 Å². The topological polar surface area (TPSA) is 21.3 Å². The Kier molecular flexibility index (Phi) is 8.35. The Bertz CT molecular complexity index is 337. The van der Waals surface area contributed by atoms with Crippen LogP contribution < -0.4 is 5.32 Å². The lowest BCUT2D eigenvalue weighted by Crippen LogP contribution is -2.22. The molecule has 1 aromatic carbocycles. The predicted octanol–water partition coefficient (Wildman–Crippen LogP) is 4.20. The molecule has 0 aliphatic heterocycles. The molecule has 2 nitrogen and oxygen atoms in total. The van der Waals surface area contributed by atoms with Gasteiger partial charge in [-0.05, 0) is 42.5 Å². The molecule has 19 heavy (non-hydrogen) atoms. The Morgan fingerprint density at radius 1 is 1.21 bits per heavy atom. The Hall–Kier alpha value is -0.380. The van der Waals surface area contributed by atoms with Gasteiger partial charge in [0.05, 0.1) is 0 Å². The van der Waals surface area contributed by atoms with Gasteiger partial charge < -0.3 is 10.1 Å². The Morgan fingerprint density at radius 2 is 1.89 bits per heavy atom. The van der Waals surface area contributed by atoms with Crippen molar-refractivity contribution < 1.29 is 4.74 Å². The van der Waals surface area contributed by atoms with Crippen molar-refractivity contribution in [2.24, 2.45) is 5.92 Å². The summed E-state index contributed by atoms with van der Waals surface area (Å²) in [6, 6.07) is 8.63. The number of likely N-dealkylation sites (N-methyl/N-ethyl adjacent to an activating group) is 1. The van der Waals surface area contributed by atoms with Gasteiger partial charge in [0.1, 0.15) is 0 Å². The first kappa shape index (κ1) is 16.7. The second kappa shape index (κ2) is 9.51. The summed E-state index contributed by atoms with van der Waals surface area (Å²) >= 11 is 3.49. The normalized spacial score (nSPS) is 12.9. The number of nitrogens with one attached hydrogen (secondary N) is 1. The van der Waals surface area contributed by atoms with E-state index in [1.54, 1.807) is 0 Å². The summed E-state index contributed by atoms with van der Waals surface area (Å²) in [7, 11) is 0. The van der Waals surface area contributed by atoms with Crippen molar-refractivity contribution in [1.29, 1.82) is 0 Å². The molecular weight excluding hydrogens is 302 g/mol. The molecule has 0 amide bonds. The monoisotopic (exact) mass is 327 g/mol. The molecule has 1 aromatic rings. The van der Waals surface area contributed by atoms with E-state index in [2.05, 4.69) is 66.3 Å². The van der Waals surface area contributed by atoms with Crippen molar-refractivity contribution >= 4 is 15.9 Å². The van der Waals surface area contributed by atoms with E-state index in [-0.39, 0.29) is 0 Å². The number of rotatable bonds is 9. The zero-order valence-corrected chi connectivity index (χ0v) is 13.9.